The van der Waals surface area contributed by atoms with Crippen molar-refractivity contribution >= 4 is 0 Å². The first-order valence-electron chi connectivity index (χ1n) is 8.51. The Morgan fingerprint density at radius 3 is 2.42 bits per heavy atom. The predicted octanol–water partition coefficient (Wildman–Crippen LogP) is 2.75. The summed E-state index contributed by atoms with van der Waals surface area (Å²) in [6.45, 7) is 14.2. The van der Waals surface area contributed by atoms with E-state index in [4.69, 9.17) is 9.47 Å². The van der Waals surface area contributed by atoms with Crippen molar-refractivity contribution < 1.29 is 9.47 Å². The average Bonchev–Trinajstić information content (AvgIpc) is 2.72. The number of ether oxygens (including phenoxy) is 2. The Bertz CT molecular complexity index is 667. The number of H-pyrrole nitrogens is 1. The van der Waals surface area contributed by atoms with Crippen LogP contribution in [-0.4, -0.2) is 27.4 Å². The van der Waals surface area contributed by atoms with Crippen LogP contribution in [0.1, 0.15) is 66.2 Å². The van der Waals surface area contributed by atoms with Gasteiger partial charge in [-0.3, -0.25) is 14.3 Å². The van der Waals surface area contributed by atoms with Crippen LogP contribution in [0.4, 0.5) is 0 Å². The van der Waals surface area contributed by atoms with Gasteiger partial charge >= 0.3 is 5.69 Å². The van der Waals surface area contributed by atoms with Gasteiger partial charge in [-0.2, -0.15) is 0 Å². The molecule has 2 heterocycles. The van der Waals surface area contributed by atoms with Gasteiger partial charge in [-0.05, 0) is 39.5 Å². The summed E-state index contributed by atoms with van der Waals surface area (Å²) < 4.78 is 13.8. The largest absolute Gasteiger partial charge is 0.370 e. The summed E-state index contributed by atoms with van der Waals surface area (Å²) in [5.41, 5.74) is -0.508. The van der Waals surface area contributed by atoms with Gasteiger partial charge in [0.2, 0.25) is 0 Å². The van der Waals surface area contributed by atoms with E-state index in [2.05, 4.69) is 25.8 Å². The minimum atomic E-state index is -0.443. The van der Waals surface area contributed by atoms with Crippen LogP contribution in [0, 0.1) is 12.3 Å². The second-order valence-electron chi connectivity index (χ2n) is 8.88. The summed E-state index contributed by atoms with van der Waals surface area (Å²) in [7, 11) is 0. The lowest BCUT2D eigenvalue weighted by molar-refractivity contribution is -0.102. The molecular formula is C18H30N2O4. The van der Waals surface area contributed by atoms with Gasteiger partial charge in [-0.1, -0.05) is 20.8 Å². The van der Waals surface area contributed by atoms with Gasteiger partial charge in [0, 0.05) is 18.2 Å². The molecular weight excluding hydrogens is 308 g/mol. The Morgan fingerprint density at radius 1 is 1.25 bits per heavy atom. The van der Waals surface area contributed by atoms with Crippen molar-refractivity contribution in [2.24, 2.45) is 5.41 Å². The van der Waals surface area contributed by atoms with Crippen LogP contribution in [0.15, 0.2) is 15.8 Å². The molecule has 24 heavy (non-hydrogen) atoms. The summed E-state index contributed by atoms with van der Waals surface area (Å²) in [4.78, 5) is 26.1. The molecule has 1 saturated heterocycles. The normalized spacial score (nSPS) is 25.2. The molecule has 6 nitrogen and oxygen atoms in total. The first-order valence-corrected chi connectivity index (χ1v) is 8.51. The van der Waals surface area contributed by atoms with Gasteiger partial charge in [-0.25, -0.2) is 4.79 Å². The molecule has 1 aliphatic heterocycles. The van der Waals surface area contributed by atoms with E-state index in [9.17, 15) is 9.59 Å². The molecule has 0 spiro atoms. The highest BCUT2D eigenvalue weighted by Crippen LogP contribution is 2.37. The fraction of sp³-hybridized carbons (Fsp3) is 0.778. The van der Waals surface area contributed by atoms with E-state index in [0.717, 1.165) is 6.42 Å². The molecule has 1 fully saturated rings. The summed E-state index contributed by atoms with van der Waals surface area (Å²) in [5.74, 6) is 0. The number of hydrogen-bond donors (Lipinski definition) is 1. The highest BCUT2D eigenvalue weighted by Gasteiger charge is 2.41. The molecule has 1 aliphatic rings. The Hall–Kier alpha value is -1.40. The van der Waals surface area contributed by atoms with Crippen LogP contribution < -0.4 is 11.2 Å². The van der Waals surface area contributed by atoms with E-state index < -0.39 is 11.9 Å². The van der Waals surface area contributed by atoms with E-state index in [0.29, 0.717) is 12.0 Å². The topological polar surface area (TPSA) is 73.3 Å². The van der Waals surface area contributed by atoms with Gasteiger partial charge in [0.05, 0.1) is 17.8 Å². The number of aryl methyl sites for hydroxylation is 1. The first kappa shape index (κ1) is 18.9. The molecule has 0 amide bonds. The van der Waals surface area contributed by atoms with Crippen molar-refractivity contribution in [2.45, 2.75) is 85.3 Å². The first-order chi connectivity index (χ1) is 10.9. The second kappa shape index (κ2) is 6.48. The minimum Gasteiger partial charge on any atom is -0.370 e. The molecule has 3 atom stereocenters. The molecule has 0 saturated carbocycles. The predicted molar refractivity (Wildman–Crippen MR) is 93.3 cm³/mol. The van der Waals surface area contributed by atoms with Crippen molar-refractivity contribution in [1.82, 2.24) is 9.55 Å². The van der Waals surface area contributed by atoms with Gasteiger partial charge in [0.25, 0.3) is 5.56 Å². The lowest BCUT2D eigenvalue weighted by Crippen LogP contribution is -2.35. The van der Waals surface area contributed by atoms with Gasteiger partial charge in [0.15, 0.2) is 0 Å². The molecule has 1 aromatic heterocycles. The maximum absolute atomic E-state index is 12.1. The summed E-state index contributed by atoms with van der Waals surface area (Å²) in [5, 5.41) is 0. The number of nitrogens with zero attached hydrogens (tertiary/aromatic N) is 1. The van der Waals surface area contributed by atoms with Crippen LogP contribution in [0.3, 0.4) is 0 Å². The molecule has 136 valence electrons. The molecule has 0 bridgehead atoms. The van der Waals surface area contributed by atoms with E-state index in [-0.39, 0.29) is 28.8 Å². The smallest absolute Gasteiger partial charge is 0.330 e. The number of nitrogens with one attached hydrogen (secondary N) is 1. The molecule has 0 aromatic carbocycles. The third-order valence-electron chi connectivity index (χ3n) is 3.96. The minimum absolute atomic E-state index is 0.0882. The Morgan fingerprint density at radius 2 is 1.88 bits per heavy atom. The standard InChI is InChI=1S/C18H30N2O4/c1-11-10-20(16(22)19-15(11)21)14-8-12(24-18(5,6)7)13(23-14)9-17(2,3)4/h10,12-14H,8-9H2,1-7H3,(H,19,21,22)/t12-,13+,14+/m0/s1. The van der Waals surface area contributed by atoms with Gasteiger partial charge in [-0.15, -0.1) is 0 Å². The molecule has 0 unspecified atom stereocenters. The summed E-state index contributed by atoms with van der Waals surface area (Å²) in [6, 6.07) is 0. The average molecular weight is 338 g/mol. The maximum atomic E-state index is 12.1. The zero-order valence-electron chi connectivity index (χ0n) is 15.8. The Kier molecular flexibility index (Phi) is 5.11. The second-order valence-corrected chi connectivity index (χ2v) is 8.88. The number of rotatable bonds is 3. The molecule has 0 radical (unpaired) electrons. The van der Waals surface area contributed by atoms with Crippen molar-refractivity contribution in [3.8, 4) is 0 Å². The Balaban J connectivity index is 2.29. The monoisotopic (exact) mass is 338 g/mol. The SMILES string of the molecule is Cc1cn([C@H]2C[C@H](OC(C)(C)C)[C@@H](CC(C)(C)C)O2)c(=O)[nH]c1=O. The highest BCUT2D eigenvalue weighted by molar-refractivity contribution is 5.02. The number of hydrogen-bond acceptors (Lipinski definition) is 4. The fourth-order valence-corrected chi connectivity index (χ4v) is 3.04. The maximum Gasteiger partial charge on any atom is 0.330 e. The van der Waals surface area contributed by atoms with Crippen molar-refractivity contribution in [3.63, 3.8) is 0 Å². The van der Waals surface area contributed by atoms with Crippen molar-refractivity contribution in [3.05, 3.63) is 32.6 Å². The molecule has 0 aliphatic carbocycles. The molecule has 1 N–H and O–H groups in total. The van der Waals surface area contributed by atoms with Crippen molar-refractivity contribution in [2.75, 3.05) is 0 Å². The molecule has 2 rings (SSSR count). The van der Waals surface area contributed by atoms with Crippen LogP contribution in [0.5, 0.6) is 0 Å². The molecule has 6 heteroatoms. The summed E-state index contributed by atoms with van der Waals surface area (Å²) >= 11 is 0. The van der Waals surface area contributed by atoms with E-state index in [1.807, 2.05) is 20.8 Å². The van der Waals surface area contributed by atoms with Gasteiger partial charge < -0.3 is 9.47 Å². The fourth-order valence-electron chi connectivity index (χ4n) is 3.04. The molecule has 1 aromatic rings. The quantitative estimate of drug-likeness (QED) is 0.920. The number of aromatic nitrogens is 2. The lowest BCUT2D eigenvalue weighted by atomic mass is 9.87. The van der Waals surface area contributed by atoms with E-state index >= 15 is 0 Å². The summed E-state index contributed by atoms with van der Waals surface area (Å²) in [6.07, 6.45) is 2.39. The third kappa shape index (κ3) is 4.80. The van der Waals surface area contributed by atoms with Crippen LogP contribution in [0.2, 0.25) is 0 Å². The zero-order chi connectivity index (χ0) is 18.3. The van der Waals surface area contributed by atoms with Crippen LogP contribution in [0.25, 0.3) is 0 Å². The third-order valence-corrected chi connectivity index (χ3v) is 3.96. The van der Waals surface area contributed by atoms with Crippen LogP contribution in [-0.2, 0) is 9.47 Å². The van der Waals surface area contributed by atoms with Gasteiger partial charge in [0.1, 0.15) is 6.23 Å². The van der Waals surface area contributed by atoms with E-state index in [1.165, 1.54) is 4.57 Å². The Labute approximate surface area is 143 Å². The number of aromatic amines is 1. The highest BCUT2D eigenvalue weighted by atomic mass is 16.6. The lowest BCUT2D eigenvalue weighted by Gasteiger charge is -2.31. The zero-order valence-corrected chi connectivity index (χ0v) is 15.8. The van der Waals surface area contributed by atoms with E-state index in [1.54, 1.807) is 13.1 Å². The van der Waals surface area contributed by atoms with Crippen molar-refractivity contribution in [1.29, 1.82) is 0 Å². The van der Waals surface area contributed by atoms with Crippen LogP contribution >= 0.6 is 0 Å².